The van der Waals surface area contributed by atoms with E-state index in [2.05, 4.69) is 10.1 Å². The molecule has 1 aromatic carbocycles. The number of carbonyl (C=O) groups excluding carboxylic acids is 1. The molecule has 0 bridgehead atoms. The van der Waals surface area contributed by atoms with Crippen molar-refractivity contribution in [1.82, 2.24) is 20.1 Å². The zero-order valence-electron chi connectivity index (χ0n) is 11.4. The number of aromatic nitrogens is 3. The molecule has 0 aliphatic heterocycles. The zero-order chi connectivity index (χ0) is 16.0. The molecule has 0 fully saturated rings. The summed E-state index contributed by atoms with van der Waals surface area (Å²) in [5.74, 6) is -1.40. The molecule has 5 nitrogen and oxygen atoms in total. The molecule has 0 atom stereocenters. The number of amides is 1. The second-order valence-electron chi connectivity index (χ2n) is 4.26. The van der Waals surface area contributed by atoms with E-state index in [0.717, 1.165) is 5.69 Å². The number of thioether (sulfide) groups is 1. The molecule has 1 N–H and O–H groups in total. The molecule has 0 saturated heterocycles. The number of para-hydroxylation sites is 1. The van der Waals surface area contributed by atoms with Crippen LogP contribution in [0.3, 0.4) is 0 Å². The Labute approximate surface area is 128 Å². The number of hydrogen-bond acceptors (Lipinski definition) is 4. The maximum atomic E-state index is 11.9. The third-order valence-electron chi connectivity index (χ3n) is 2.59. The number of nitrogens with one attached hydrogen (secondary N) is 1. The van der Waals surface area contributed by atoms with Crippen molar-refractivity contribution in [3.8, 4) is 5.69 Å². The first kappa shape index (κ1) is 16.3. The minimum atomic E-state index is -4.83. The van der Waals surface area contributed by atoms with E-state index < -0.39 is 12.1 Å². The fourth-order valence-corrected chi connectivity index (χ4v) is 2.30. The lowest BCUT2D eigenvalue weighted by molar-refractivity contribution is -0.173. The fraction of sp³-hybridized carbons (Fsp3) is 0.308. The highest BCUT2D eigenvalue weighted by atomic mass is 32.2. The Balaban J connectivity index is 1.72. The van der Waals surface area contributed by atoms with Gasteiger partial charge in [-0.15, -0.1) is 5.10 Å². The van der Waals surface area contributed by atoms with Gasteiger partial charge in [-0.05, 0) is 18.6 Å². The van der Waals surface area contributed by atoms with Crippen LogP contribution in [0.5, 0.6) is 0 Å². The smallest absolute Gasteiger partial charge is 0.348 e. The van der Waals surface area contributed by atoms with Crippen LogP contribution < -0.4 is 5.32 Å². The van der Waals surface area contributed by atoms with Gasteiger partial charge in [-0.25, -0.2) is 9.67 Å². The highest BCUT2D eigenvalue weighted by Crippen LogP contribution is 2.16. The lowest BCUT2D eigenvalue weighted by atomic mass is 10.3. The molecular formula is C13H13F3N4OS. The molecule has 1 aromatic heterocycles. The van der Waals surface area contributed by atoms with Crippen LogP contribution in [0.15, 0.2) is 41.8 Å². The second kappa shape index (κ2) is 7.30. The summed E-state index contributed by atoms with van der Waals surface area (Å²) in [5.41, 5.74) is 0.874. The molecule has 0 radical (unpaired) electrons. The molecule has 1 amide bonds. The Kier molecular flexibility index (Phi) is 5.42. The monoisotopic (exact) mass is 330 g/mol. The molecule has 2 rings (SSSR count). The summed E-state index contributed by atoms with van der Waals surface area (Å²) >= 11 is 1.32. The molecule has 0 spiro atoms. The van der Waals surface area contributed by atoms with Gasteiger partial charge in [0.1, 0.15) is 6.33 Å². The summed E-state index contributed by atoms with van der Waals surface area (Å²) in [6, 6.07) is 9.43. The summed E-state index contributed by atoms with van der Waals surface area (Å²) in [7, 11) is 0. The summed E-state index contributed by atoms with van der Waals surface area (Å²) in [6.07, 6.45) is -2.86. The van der Waals surface area contributed by atoms with Crippen LogP contribution in [-0.4, -0.2) is 39.1 Å². The first-order chi connectivity index (χ1) is 10.5. The molecule has 9 heteroatoms. The maximum Gasteiger partial charge on any atom is 0.471 e. The van der Waals surface area contributed by atoms with Crippen molar-refractivity contribution in [2.45, 2.75) is 17.8 Å². The first-order valence-corrected chi connectivity index (χ1v) is 7.40. The van der Waals surface area contributed by atoms with Gasteiger partial charge in [-0.1, -0.05) is 30.0 Å². The number of rotatable bonds is 6. The van der Waals surface area contributed by atoms with Crippen molar-refractivity contribution in [2.75, 3.05) is 12.3 Å². The molecule has 2 aromatic rings. The van der Waals surface area contributed by atoms with Gasteiger partial charge in [0.05, 0.1) is 5.69 Å². The Hall–Kier alpha value is -2.03. The van der Waals surface area contributed by atoms with E-state index in [4.69, 9.17) is 0 Å². The van der Waals surface area contributed by atoms with Crippen molar-refractivity contribution in [3.05, 3.63) is 36.7 Å². The average molecular weight is 330 g/mol. The molecule has 0 saturated carbocycles. The lowest BCUT2D eigenvalue weighted by Gasteiger charge is -2.06. The number of alkyl halides is 3. The predicted octanol–water partition coefficient (Wildman–Crippen LogP) is 2.43. The average Bonchev–Trinajstić information content (AvgIpc) is 2.95. The Bertz CT molecular complexity index is 615. The van der Waals surface area contributed by atoms with Crippen LogP contribution in [-0.2, 0) is 4.79 Å². The molecular weight excluding hydrogens is 317 g/mol. The summed E-state index contributed by atoms with van der Waals surface area (Å²) in [6.45, 7) is -0.0370. The van der Waals surface area contributed by atoms with Crippen molar-refractivity contribution in [2.24, 2.45) is 0 Å². The van der Waals surface area contributed by atoms with Crippen LogP contribution in [0.2, 0.25) is 0 Å². The third-order valence-corrected chi connectivity index (χ3v) is 3.52. The van der Waals surface area contributed by atoms with Gasteiger partial charge >= 0.3 is 12.1 Å². The van der Waals surface area contributed by atoms with Crippen LogP contribution in [0, 0.1) is 0 Å². The van der Waals surface area contributed by atoms with E-state index in [0.29, 0.717) is 17.3 Å². The van der Waals surface area contributed by atoms with Gasteiger partial charge in [0.25, 0.3) is 0 Å². The largest absolute Gasteiger partial charge is 0.471 e. The van der Waals surface area contributed by atoms with E-state index >= 15 is 0 Å². The van der Waals surface area contributed by atoms with E-state index in [1.165, 1.54) is 11.8 Å². The quantitative estimate of drug-likeness (QED) is 0.653. The normalized spacial score (nSPS) is 11.4. The van der Waals surface area contributed by atoms with Crippen molar-refractivity contribution >= 4 is 17.7 Å². The number of hydrogen-bond donors (Lipinski definition) is 1. The second-order valence-corrected chi connectivity index (χ2v) is 5.33. The molecule has 0 aliphatic carbocycles. The molecule has 22 heavy (non-hydrogen) atoms. The summed E-state index contributed by atoms with van der Waals surface area (Å²) in [5, 5.41) is 6.60. The molecule has 0 unspecified atom stereocenters. The van der Waals surface area contributed by atoms with Gasteiger partial charge < -0.3 is 5.32 Å². The fourth-order valence-electron chi connectivity index (χ4n) is 1.56. The highest BCUT2D eigenvalue weighted by molar-refractivity contribution is 7.99. The van der Waals surface area contributed by atoms with Crippen LogP contribution in [0.25, 0.3) is 5.69 Å². The van der Waals surface area contributed by atoms with E-state index in [1.54, 1.807) is 11.0 Å². The first-order valence-electron chi connectivity index (χ1n) is 6.42. The van der Waals surface area contributed by atoms with E-state index in [9.17, 15) is 18.0 Å². The summed E-state index contributed by atoms with van der Waals surface area (Å²) in [4.78, 5) is 14.7. The molecule has 0 aliphatic rings. The van der Waals surface area contributed by atoms with E-state index in [1.807, 2.05) is 35.6 Å². The Morgan fingerprint density at radius 1 is 1.27 bits per heavy atom. The highest BCUT2D eigenvalue weighted by Gasteiger charge is 2.38. The predicted molar refractivity (Wildman–Crippen MR) is 75.8 cm³/mol. The van der Waals surface area contributed by atoms with Gasteiger partial charge in [0.15, 0.2) is 0 Å². The van der Waals surface area contributed by atoms with E-state index in [-0.39, 0.29) is 6.54 Å². The van der Waals surface area contributed by atoms with Gasteiger partial charge in [0.2, 0.25) is 5.16 Å². The maximum absolute atomic E-state index is 11.9. The standard InChI is InChI=1S/C13H13F3N4OS/c14-13(15,16)11(21)17-7-4-8-22-12-18-9-20(19-12)10-5-2-1-3-6-10/h1-3,5-6,9H,4,7-8H2,(H,17,21). The third kappa shape index (κ3) is 4.76. The topological polar surface area (TPSA) is 59.8 Å². The zero-order valence-corrected chi connectivity index (χ0v) is 12.2. The molecule has 1 heterocycles. The van der Waals surface area contributed by atoms with Crippen LogP contribution in [0.1, 0.15) is 6.42 Å². The SMILES string of the molecule is O=C(NCCCSc1ncn(-c2ccccc2)n1)C(F)(F)F. The van der Waals surface area contributed by atoms with Crippen molar-refractivity contribution in [3.63, 3.8) is 0 Å². The van der Waals surface area contributed by atoms with Gasteiger partial charge in [-0.2, -0.15) is 13.2 Å². The minimum Gasteiger partial charge on any atom is -0.348 e. The van der Waals surface area contributed by atoms with Crippen molar-refractivity contribution in [1.29, 1.82) is 0 Å². The number of benzene rings is 1. The Morgan fingerprint density at radius 3 is 2.68 bits per heavy atom. The van der Waals surface area contributed by atoms with Crippen LogP contribution >= 0.6 is 11.8 Å². The van der Waals surface area contributed by atoms with Gasteiger partial charge in [-0.3, -0.25) is 4.79 Å². The number of halogens is 3. The summed E-state index contributed by atoms with van der Waals surface area (Å²) < 4.78 is 37.5. The van der Waals surface area contributed by atoms with Crippen LogP contribution in [0.4, 0.5) is 13.2 Å². The van der Waals surface area contributed by atoms with Crippen molar-refractivity contribution < 1.29 is 18.0 Å². The lowest BCUT2D eigenvalue weighted by Crippen LogP contribution is -2.37. The molecule has 118 valence electrons. The Morgan fingerprint density at radius 2 is 2.00 bits per heavy atom. The number of carbonyl (C=O) groups is 1. The van der Waals surface area contributed by atoms with Gasteiger partial charge in [0, 0.05) is 12.3 Å². The minimum absolute atomic E-state index is 0.0370. The number of nitrogens with zero attached hydrogens (tertiary/aromatic N) is 3.